The molecule has 5 heteroatoms. The molecule has 1 unspecified atom stereocenters. The van der Waals surface area contributed by atoms with Crippen molar-refractivity contribution in [1.29, 1.82) is 0 Å². The fourth-order valence-electron chi connectivity index (χ4n) is 2.71. The summed E-state index contributed by atoms with van der Waals surface area (Å²) in [7, 11) is 0. The van der Waals surface area contributed by atoms with Gasteiger partial charge in [-0.25, -0.2) is 13.2 Å². The van der Waals surface area contributed by atoms with Crippen molar-refractivity contribution in [2.45, 2.75) is 38.1 Å². The molecule has 104 valence electrons. The fraction of sp³-hybridized carbons (Fsp3) is 0.500. The Labute approximate surface area is 110 Å². The largest absolute Gasteiger partial charge is 0.305 e. The van der Waals surface area contributed by atoms with Gasteiger partial charge in [0.05, 0.1) is 11.1 Å². The minimum Gasteiger partial charge on any atom is -0.305 e. The Morgan fingerprint density at radius 2 is 2.05 bits per heavy atom. The third-order valence-electron chi connectivity index (χ3n) is 3.63. The van der Waals surface area contributed by atoms with E-state index in [2.05, 4.69) is 5.32 Å². The minimum absolute atomic E-state index is 0.373. The highest BCUT2D eigenvalue weighted by atomic mass is 19.2. The molecule has 0 spiro atoms. The quantitative estimate of drug-likeness (QED) is 0.673. The van der Waals surface area contributed by atoms with Gasteiger partial charge in [-0.15, -0.1) is 0 Å². The van der Waals surface area contributed by atoms with Crippen molar-refractivity contribution >= 4 is 5.78 Å². The lowest BCUT2D eigenvalue weighted by Gasteiger charge is -2.27. The molecule has 1 atom stereocenters. The van der Waals surface area contributed by atoms with Crippen molar-refractivity contribution in [1.82, 2.24) is 5.32 Å². The molecule has 1 aliphatic rings. The number of hydrogen-bond donors (Lipinski definition) is 1. The maximum Gasteiger partial charge on any atom is 0.195 e. The molecular formula is C14H16F3NO. The first kappa shape index (κ1) is 14.1. The first-order valence-electron chi connectivity index (χ1n) is 6.45. The molecule has 0 amide bonds. The number of rotatable bonds is 4. The molecule has 0 aromatic heterocycles. The molecule has 1 fully saturated rings. The molecule has 2 rings (SSSR count). The van der Waals surface area contributed by atoms with E-state index >= 15 is 0 Å². The van der Waals surface area contributed by atoms with Crippen LogP contribution in [0, 0.1) is 17.5 Å². The van der Waals surface area contributed by atoms with Crippen molar-refractivity contribution in [2.24, 2.45) is 0 Å². The van der Waals surface area contributed by atoms with Crippen LogP contribution >= 0.6 is 0 Å². The van der Waals surface area contributed by atoms with Crippen LogP contribution in [0.15, 0.2) is 12.1 Å². The van der Waals surface area contributed by atoms with E-state index in [0.717, 1.165) is 25.0 Å². The Kier molecular flexibility index (Phi) is 3.94. The predicted molar refractivity (Wildman–Crippen MR) is 65.5 cm³/mol. The van der Waals surface area contributed by atoms with Crippen molar-refractivity contribution in [3.63, 3.8) is 0 Å². The molecule has 1 N–H and O–H groups in total. The van der Waals surface area contributed by atoms with Crippen LogP contribution in [0.4, 0.5) is 13.2 Å². The lowest BCUT2D eigenvalue weighted by atomic mass is 9.83. The molecule has 1 aliphatic heterocycles. The molecule has 19 heavy (non-hydrogen) atoms. The van der Waals surface area contributed by atoms with Gasteiger partial charge in [0.15, 0.2) is 23.2 Å². The van der Waals surface area contributed by atoms with Gasteiger partial charge >= 0.3 is 0 Å². The van der Waals surface area contributed by atoms with Crippen LogP contribution in [0.5, 0.6) is 0 Å². The van der Waals surface area contributed by atoms with Gasteiger partial charge in [-0.05, 0) is 37.9 Å². The Morgan fingerprint density at radius 3 is 2.63 bits per heavy atom. The topological polar surface area (TPSA) is 29.1 Å². The lowest BCUT2D eigenvalue weighted by Crippen LogP contribution is -2.47. The number of nitrogens with one attached hydrogen (secondary N) is 1. The molecule has 0 saturated carbocycles. The van der Waals surface area contributed by atoms with Gasteiger partial charge in [0, 0.05) is 0 Å². The second-order valence-corrected chi connectivity index (χ2v) is 4.91. The van der Waals surface area contributed by atoms with Crippen LogP contribution in [0.2, 0.25) is 0 Å². The second-order valence-electron chi connectivity index (χ2n) is 4.91. The highest BCUT2D eigenvalue weighted by Gasteiger charge is 2.41. The zero-order chi connectivity index (χ0) is 14.0. The molecule has 1 aromatic carbocycles. The summed E-state index contributed by atoms with van der Waals surface area (Å²) in [5.41, 5.74) is -1.21. The Balaban J connectivity index is 2.40. The molecule has 0 bridgehead atoms. The SMILES string of the molecule is CCCC1(C(=O)c2ccc(F)c(F)c2F)CCCN1. The zero-order valence-electron chi connectivity index (χ0n) is 10.7. The average Bonchev–Trinajstić information content (AvgIpc) is 2.86. The molecule has 1 aromatic rings. The Morgan fingerprint density at radius 1 is 1.32 bits per heavy atom. The van der Waals surface area contributed by atoms with Gasteiger partial charge in [-0.3, -0.25) is 4.79 Å². The highest BCUT2D eigenvalue weighted by molar-refractivity contribution is 6.03. The van der Waals surface area contributed by atoms with Crippen molar-refractivity contribution in [2.75, 3.05) is 6.54 Å². The summed E-state index contributed by atoms with van der Waals surface area (Å²) < 4.78 is 39.8. The normalized spacial score (nSPS) is 22.7. The summed E-state index contributed by atoms with van der Waals surface area (Å²) in [6.45, 7) is 2.60. The first-order chi connectivity index (χ1) is 9.02. The Hall–Kier alpha value is -1.36. The molecule has 2 nitrogen and oxygen atoms in total. The van der Waals surface area contributed by atoms with Gasteiger partial charge < -0.3 is 5.32 Å². The number of ketones is 1. The standard InChI is InChI=1S/C14H16F3NO/c1-2-6-14(7-3-8-18-14)13(19)9-4-5-10(15)12(17)11(9)16/h4-5,18H,2-3,6-8H2,1H3. The maximum atomic E-state index is 13.7. The highest BCUT2D eigenvalue weighted by Crippen LogP contribution is 2.30. The third-order valence-corrected chi connectivity index (χ3v) is 3.63. The number of Topliss-reactive ketones (excluding diaryl/α,β-unsaturated/α-hetero) is 1. The summed E-state index contributed by atoms with van der Waals surface area (Å²) in [5, 5.41) is 3.10. The van der Waals surface area contributed by atoms with Gasteiger partial charge in [0.1, 0.15) is 0 Å². The fourth-order valence-corrected chi connectivity index (χ4v) is 2.71. The Bertz CT molecular complexity index is 496. The van der Waals surface area contributed by atoms with Gasteiger partial charge in [-0.1, -0.05) is 13.3 Å². The lowest BCUT2D eigenvalue weighted by molar-refractivity contribution is 0.0852. The van der Waals surface area contributed by atoms with E-state index in [1.165, 1.54) is 0 Å². The van der Waals surface area contributed by atoms with E-state index < -0.39 is 28.8 Å². The van der Waals surface area contributed by atoms with E-state index in [0.29, 0.717) is 19.4 Å². The third kappa shape index (κ3) is 2.39. The summed E-state index contributed by atoms with van der Waals surface area (Å²) in [4.78, 5) is 12.5. The van der Waals surface area contributed by atoms with Crippen molar-refractivity contribution in [3.05, 3.63) is 35.1 Å². The summed E-state index contributed by atoms with van der Waals surface area (Å²) in [5.74, 6) is -4.74. The van der Waals surface area contributed by atoms with E-state index in [1.54, 1.807) is 0 Å². The minimum atomic E-state index is -1.59. The van der Waals surface area contributed by atoms with Crippen molar-refractivity contribution in [3.8, 4) is 0 Å². The maximum absolute atomic E-state index is 13.7. The van der Waals surface area contributed by atoms with Gasteiger partial charge in [-0.2, -0.15) is 0 Å². The molecular weight excluding hydrogens is 255 g/mol. The van der Waals surface area contributed by atoms with E-state index in [1.807, 2.05) is 6.92 Å². The number of halogens is 3. The monoisotopic (exact) mass is 271 g/mol. The van der Waals surface area contributed by atoms with E-state index in [9.17, 15) is 18.0 Å². The number of hydrogen-bond acceptors (Lipinski definition) is 2. The van der Waals surface area contributed by atoms with E-state index in [4.69, 9.17) is 0 Å². The van der Waals surface area contributed by atoms with Crippen LogP contribution in [0.25, 0.3) is 0 Å². The number of benzene rings is 1. The molecule has 0 radical (unpaired) electrons. The second kappa shape index (κ2) is 5.33. The van der Waals surface area contributed by atoms with Crippen molar-refractivity contribution < 1.29 is 18.0 Å². The summed E-state index contributed by atoms with van der Waals surface area (Å²) in [6, 6.07) is 1.81. The molecule has 1 saturated heterocycles. The van der Waals surface area contributed by atoms with Crippen LogP contribution in [-0.2, 0) is 0 Å². The van der Waals surface area contributed by atoms with Crippen LogP contribution in [-0.4, -0.2) is 17.9 Å². The summed E-state index contributed by atoms with van der Waals surface area (Å²) >= 11 is 0. The smallest absolute Gasteiger partial charge is 0.195 e. The van der Waals surface area contributed by atoms with Crippen LogP contribution in [0.3, 0.4) is 0 Å². The molecule has 1 heterocycles. The average molecular weight is 271 g/mol. The first-order valence-corrected chi connectivity index (χ1v) is 6.45. The van der Waals surface area contributed by atoms with Crippen LogP contribution < -0.4 is 5.32 Å². The number of carbonyl (C=O) groups is 1. The van der Waals surface area contributed by atoms with Gasteiger partial charge in [0.25, 0.3) is 0 Å². The predicted octanol–water partition coefficient (Wildman–Crippen LogP) is 3.21. The zero-order valence-corrected chi connectivity index (χ0v) is 10.7. The van der Waals surface area contributed by atoms with Gasteiger partial charge in [0.2, 0.25) is 0 Å². The number of carbonyl (C=O) groups excluding carboxylic acids is 1. The summed E-state index contributed by atoms with van der Waals surface area (Å²) in [6.07, 6.45) is 2.73. The van der Waals surface area contributed by atoms with E-state index in [-0.39, 0.29) is 5.56 Å². The molecule has 0 aliphatic carbocycles. The van der Waals surface area contributed by atoms with Crippen LogP contribution in [0.1, 0.15) is 43.0 Å².